The van der Waals surface area contributed by atoms with E-state index in [1.807, 2.05) is 31.2 Å². The van der Waals surface area contributed by atoms with Crippen LogP contribution in [0, 0.1) is 6.92 Å². The fourth-order valence-electron chi connectivity index (χ4n) is 1.36. The van der Waals surface area contributed by atoms with Crippen molar-refractivity contribution in [3.8, 4) is 5.75 Å². The lowest BCUT2D eigenvalue weighted by atomic mass is 10.1. The molecule has 0 saturated carbocycles. The van der Waals surface area contributed by atoms with Crippen LogP contribution in [0.2, 0.25) is 0 Å². The second kappa shape index (κ2) is 5.15. The lowest BCUT2D eigenvalue weighted by Crippen LogP contribution is -2.08. The molecule has 0 radical (unpaired) electrons. The molecule has 2 aromatic carbocycles. The van der Waals surface area contributed by atoms with Crippen molar-refractivity contribution in [1.82, 2.24) is 0 Å². The van der Waals surface area contributed by atoms with E-state index in [2.05, 4.69) is 15.9 Å². The molecule has 0 aliphatic heterocycles. The Kier molecular flexibility index (Phi) is 3.59. The maximum absolute atomic E-state index is 11.8. The number of aryl methyl sites for hydroxylation is 1. The molecule has 0 bridgehead atoms. The molecule has 3 heteroatoms. The average molecular weight is 291 g/mol. The van der Waals surface area contributed by atoms with Gasteiger partial charge in [-0.2, -0.15) is 0 Å². The number of esters is 1. The van der Waals surface area contributed by atoms with E-state index in [-0.39, 0.29) is 5.97 Å². The molecule has 0 unspecified atom stereocenters. The van der Waals surface area contributed by atoms with Crippen molar-refractivity contribution in [3.05, 3.63) is 64.1 Å². The van der Waals surface area contributed by atoms with Crippen LogP contribution in [0.25, 0.3) is 0 Å². The lowest BCUT2D eigenvalue weighted by molar-refractivity contribution is 0.0735. The summed E-state index contributed by atoms with van der Waals surface area (Å²) < 4.78 is 6.19. The first kappa shape index (κ1) is 11.9. The third-order valence-electron chi connectivity index (χ3n) is 2.31. The number of benzene rings is 2. The minimum absolute atomic E-state index is 0.340. The SMILES string of the molecule is Cc1ccc(C(=O)Oc2ccc(Br)cc2)cc1. The summed E-state index contributed by atoms with van der Waals surface area (Å²) in [5, 5.41) is 0. The fraction of sp³-hybridized carbons (Fsp3) is 0.0714. The van der Waals surface area contributed by atoms with Crippen LogP contribution in [0.5, 0.6) is 5.75 Å². The van der Waals surface area contributed by atoms with Gasteiger partial charge in [-0.3, -0.25) is 0 Å². The highest BCUT2D eigenvalue weighted by Crippen LogP contribution is 2.17. The monoisotopic (exact) mass is 290 g/mol. The number of hydrogen-bond acceptors (Lipinski definition) is 2. The number of carbonyl (C=O) groups is 1. The van der Waals surface area contributed by atoms with Gasteiger partial charge < -0.3 is 4.74 Å². The van der Waals surface area contributed by atoms with Gasteiger partial charge in [-0.15, -0.1) is 0 Å². The maximum atomic E-state index is 11.8. The minimum Gasteiger partial charge on any atom is -0.423 e. The van der Waals surface area contributed by atoms with E-state index >= 15 is 0 Å². The van der Waals surface area contributed by atoms with Crippen LogP contribution in [-0.4, -0.2) is 5.97 Å². The van der Waals surface area contributed by atoms with Gasteiger partial charge in [0, 0.05) is 4.47 Å². The number of halogens is 1. The van der Waals surface area contributed by atoms with Crippen molar-refractivity contribution in [2.75, 3.05) is 0 Å². The summed E-state index contributed by atoms with van der Waals surface area (Å²) >= 11 is 3.32. The molecular formula is C14H11BrO2. The smallest absolute Gasteiger partial charge is 0.343 e. The first-order valence-electron chi connectivity index (χ1n) is 5.19. The molecule has 0 aromatic heterocycles. The molecule has 0 amide bonds. The molecule has 2 rings (SSSR count). The molecule has 0 saturated heterocycles. The Hall–Kier alpha value is -1.61. The zero-order valence-corrected chi connectivity index (χ0v) is 10.9. The Morgan fingerprint density at radius 2 is 1.59 bits per heavy atom. The Morgan fingerprint density at radius 3 is 2.18 bits per heavy atom. The summed E-state index contributed by atoms with van der Waals surface area (Å²) in [5.74, 6) is 0.200. The van der Waals surface area contributed by atoms with Gasteiger partial charge in [0.25, 0.3) is 0 Å². The first-order chi connectivity index (χ1) is 8.15. The Morgan fingerprint density at radius 1 is 1.00 bits per heavy atom. The molecule has 0 atom stereocenters. The normalized spacial score (nSPS) is 10.0. The highest BCUT2D eigenvalue weighted by molar-refractivity contribution is 9.10. The Balaban J connectivity index is 2.11. The molecule has 0 fully saturated rings. The molecule has 0 N–H and O–H groups in total. The summed E-state index contributed by atoms with van der Waals surface area (Å²) in [4.78, 5) is 11.8. The molecule has 0 aliphatic carbocycles. The summed E-state index contributed by atoms with van der Waals surface area (Å²) in [7, 11) is 0. The first-order valence-corrected chi connectivity index (χ1v) is 5.99. The van der Waals surface area contributed by atoms with Crippen molar-refractivity contribution >= 4 is 21.9 Å². The van der Waals surface area contributed by atoms with Gasteiger partial charge >= 0.3 is 5.97 Å². The highest BCUT2D eigenvalue weighted by atomic mass is 79.9. The van der Waals surface area contributed by atoms with Gasteiger partial charge in [0.05, 0.1) is 5.56 Å². The standard InChI is InChI=1S/C14H11BrO2/c1-10-2-4-11(5-3-10)14(16)17-13-8-6-12(15)7-9-13/h2-9H,1H3. The molecule has 86 valence electrons. The van der Waals surface area contributed by atoms with Gasteiger partial charge in [-0.05, 0) is 43.3 Å². The quantitative estimate of drug-likeness (QED) is 0.618. The minimum atomic E-state index is -0.340. The maximum Gasteiger partial charge on any atom is 0.343 e. The number of ether oxygens (including phenoxy) is 1. The van der Waals surface area contributed by atoms with Crippen LogP contribution < -0.4 is 4.74 Å². The highest BCUT2D eigenvalue weighted by Gasteiger charge is 2.07. The van der Waals surface area contributed by atoms with Crippen LogP contribution in [0.15, 0.2) is 53.0 Å². The van der Waals surface area contributed by atoms with Gasteiger partial charge in [-0.1, -0.05) is 33.6 Å². The zero-order chi connectivity index (χ0) is 12.3. The van der Waals surface area contributed by atoms with Crippen LogP contribution in [0.4, 0.5) is 0 Å². The lowest BCUT2D eigenvalue weighted by Gasteiger charge is -2.04. The van der Waals surface area contributed by atoms with E-state index in [9.17, 15) is 4.79 Å². The van der Waals surface area contributed by atoms with Crippen molar-refractivity contribution in [3.63, 3.8) is 0 Å². The predicted molar refractivity (Wildman–Crippen MR) is 70.3 cm³/mol. The Bertz CT molecular complexity index is 515. The number of hydrogen-bond donors (Lipinski definition) is 0. The molecule has 0 spiro atoms. The van der Waals surface area contributed by atoms with Crippen molar-refractivity contribution < 1.29 is 9.53 Å². The summed E-state index contributed by atoms with van der Waals surface area (Å²) in [6.07, 6.45) is 0. The molecule has 2 aromatic rings. The van der Waals surface area contributed by atoms with E-state index < -0.39 is 0 Å². The molecule has 2 nitrogen and oxygen atoms in total. The van der Waals surface area contributed by atoms with Gasteiger partial charge in [0.2, 0.25) is 0 Å². The van der Waals surface area contributed by atoms with E-state index in [4.69, 9.17) is 4.74 Å². The fourth-order valence-corrected chi connectivity index (χ4v) is 1.62. The summed E-state index contributed by atoms with van der Waals surface area (Å²) in [6, 6.07) is 14.4. The van der Waals surface area contributed by atoms with Gasteiger partial charge in [-0.25, -0.2) is 4.79 Å². The summed E-state index contributed by atoms with van der Waals surface area (Å²) in [6.45, 7) is 1.98. The topological polar surface area (TPSA) is 26.3 Å². The summed E-state index contributed by atoms with van der Waals surface area (Å²) in [5.41, 5.74) is 1.67. The number of rotatable bonds is 2. The number of carbonyl (C=O) groups excluding carboxylic acids is 1. The molecule has 17 heavy (non-hydrogen) atoms. The average Bonchev–Trinajstić information content (AvgIpc) is 2.33. The second-order valence-electron chi connectivity index (χ2n) is 3.71. The van der Waals surface area contributed by atoms with Crippen molar-refractivity contribution in [2.45, 2.75) is 6.92 Å². The van der Waals surface area contributed by atoms with Gasteiger partial charge in [0.15, 0.2) is 0 Å². The van der Waals surface area contributed by atoms with E-state index in [0.717, 1.165) is 10.0 Å². The van der Waals surface area contributed by atoms with E-state index in [1.165, 1.54) is 0 Å². The third kappa shape index (κ3) is 3.17. The van der Waals surface area contributed by atoms with E-state index in [0.29, 0.717) is 11.3 Å². The van der Waals surface area contributed by atoms with Crippen LogP contribution >= 0.6 is 15.9 Å². The van der Waals surface area contributed by atoms with Crippen LogP contribution in [0.1, 0.15) is 15.9 Å². The predicted octanol–water partition coefficient (Wildman–Crippen LogP) is 3.98. The second-order valence-corrected chi connectivity index (χ2v) is 4.63. The molecule has 0 heterocycles. The van der Waals surface area contributed by atoms with Crippen molar-refractivity contribution in [2.24, 2.45) is 0 Å². The zero-order valence-electron chi connectivity index (χ0n) is 9.31. The van der Waals surface area contributed by atoms with E-state index in [1.54, 1.807) is 24.3 Å². The Labute approximate surface area is 108 Å². The molecular weight excluding hydrogens is 280 g/mol. The van der Waals surface area contributed by atoms with Gasteiger partial charge in [0.1, 0.15) is 5.75 Å². The third-order valence-corrected chi connectivity index (χ3v) is 2.84. The largest absolute Gasteiger partial charge is 0.423 e. The van der Waals surface area contributed by atoms with Crippen LogP contribution in [0.3, 0.4) is 0 Å². The molecule has 0 aliphatic rings. The van der Waals surface area contributed by atoms with Crippen LogP contribution in [-0.2, 0) is 0 Å². The van der Waals surface area contributed by atoms with Crippen molar-refractivity contribution in [1.29, 1.82) is 0 Å².